The lowest BCUT2D eigenvalue weighted by Crippen LogP contribution is -2.30. The van der Waals surface area contributed by atoms with E-state index in [-0.39, 0.29) is 11.9 Å². The molecule has 0 bridgehead atoms. The number of aromatic nitrogens is 3. The van der Waals surface area contributed by atoms with Gasteiger partial charge in [-0.25, -0.2) is 9.97 Å². The Bertz CT molecular complexity index is 989. The Kier molecular flexibility index (Phi) is 5.99. The van der Waals surface area contributed by atoms with E-state index in [1.165, 1.54) is 11.3 Å². The average Bonchev–Trinajstić information content (AvgIpc) is 3.36. The lowest BCUT2D eigenvalue weighted by atomic mass is 10.1. The maximum Gasteiger partial charge on any atom is 0.270 e. The number of amides is 1. The van der Waals surface area contributed by atoms with Crippen molar-refractivity contribution in [2.24, 2.45) is 0 Å². The molecule has 0 atom stereocenters. The van der Waals surface area contributed by atoms with E-state index < -0.39 is 0 Å². The molecule has 3 heterocycles. The first-order chi connectivity index (χ1) is 14.0. The second-order valence-electron chi connectivity index (χ2n) is 7.50. The van der Waals surface area contributed by atoms with Crippen LogP contribution < -0.4 is 10.6 Å². The number of hydrogen-bond acceptors (Lipinski definition) is 5. The zero-order chi connectivity index (χ0) is 20.4. The number of halogens is 1. The number of piperidine rings is 1. The third-order valence-electron chi connectivity index (χ3n) is 4.97. The monoisotopic (exact) mass is 429 g/mol. The van der Waals surface area contributed by atoms with E-state index >= 15 is 0 Å². The molecule has 1 saturated heterocycles. The van der Waals surface area contributed by atoms with Gasteiger partial charge in [-0.1, -0.05) is 23.7 Å². The number of imidazole rings is 1. The van der Waals surface area contributed by atoms with Gasteiger partial charge < -0.3 is 15.2 Å². The number of nitrogens with one attached hydrogen (secondary N) is 2. The minimum Gasteiger partial charge on any atom is -0.349 e. The van der Waals surface area contributed by atoms with Crippen molar-refractivity contribution in [3.8, 4) is 22.0 Å². The van der Waals surface area contributed by atoms with E-state index in [1.807, 2.05) is 49.8 Å². The molecular formula is C21H24ClN5OS. The molecule has 1 amide bonds. The molecule has 6 nitrogen and oxygen atoms in total. The van der Waals surface area contributed by atoms with Gasteiger partial charge in [-0.3, -0.25) is 4.79 Å². The fraction of sp³-hybridized carbons (Fsp3) is 0.381. The summed E-state index contributed by atoms with van der Waals surface area (Å²) in [6, 6.07) is 8.11. The first kappa shape index (κ1) is 20.1. The Labute approximate surface area is 179 Å². The molecule has 1 aromatic carbocycles. The molecule has 152 valence electrons. The van der Waals surface area contributed by atoms with Crippen molar-refractivity contribution in [2.75, 3.05) is 13.1 Å². The predicted octanol–water partition coefficient (Wildman–Crippen LogP) is 4.39. The summed E-state index contributed by atoms with van der Waals surface area (Å²) in [5, 5.41) is 9.63. The van der Waals surface area contributed by atoms with E-state index in [0.29, 0.717) is 16.8 Å². The lowest BCUT2D eigenvalue weighted by Gasteiger charge is -2.25. The Morgan fingerprint density at radius 3 is 2.69 bits per heavy atom. The summed E-state index contributed by atoms with van der Waals surface area (Å²) in [5.41, 5.74) is 3.26. The minimum absolute atomic E-state index is 0.0672. The molecule has 29 heavy (non-hydrogen) atoms. The van der Waals surface area contributed by atoms with Crippen molar-refractivity contribution in [1.29, 1.82) is 0 Å². The normalized spacial score (nSPS) is 15.0. The van der Waals surface area contributed by atoms with Gasteiger partial charge in [-0.05, 0) is 51.9 Å². The predicted molar refractivity (Wildman–Crippen MR) is 118 cm³/mol. The number of benzene rings is 1. The molecule has 3 aromatic rings. The summed E-state index contributed by atoms with van der Waals surface area (Å²) >= 11 is 7.55. The second kappa shape index (κ2) is 8.65. The van der Waals surface area contributed by atoms with E-state index in [2.05, 4.69) is 20.2 Å². The third kappa shape index (κ3) is 4.37. The highest BCUT2D eigenvalue weighted by Gasteiger charge is 2.25. The van der Waals surface area contributed by atoms with E-state index in [9.17, 15) is 4.79 Å². The standard InChI is InChI=1S/C21H24ClN5OS/c1-13(2)25-20(28)17-11-29-21(26-17)19-18(14-3-5-15(22)6-4-14)24-12-27(19)16-7-9-23-10-8-16/h3-6,11-13,16,23H,7-10H2,1-2H3,(H,25,28). The molecule has 0 radical (unpaired) electrons. The SMILES string of the molecule is CC(C)NC(=O)c1csc(-c2c(-c3ccc(Cl)cc3)ncn2C2CCNCC2)n1. The Morgan fingerprint density at radius 1 is 1.28 bits per heavy atom. The summed E-state index contributed by atoms with van der Waals surface area (Å²) in [7, 11) is 0. The fourth-order valence-electron chi connectivity index (χ4n) is 3.58. The smallest absolute Gasteiger partial charge is 0.270 e. The number of carbonyl (C=O) groups excluding carboxylic acids is 1. The number of nitrogens with zero attached hydrogens (tertiary/aromatic N) is 3. The van der Waals surface area contributed by atoms with Crippen LogP contribution >= 0.6 is 22.9 Å². The molecule has 1 aliphatic rings. The largest absolute Gasteiger partial charge is 0.349 e. The van der Waals surface area contributed by atoms with Gasteiger partial charge in [0.1, 0.15) is 16.4 Å². The molecule has 0 aliphatic carbocycles. The van der Waals surface area contributed by atoms with Crippen molar-refractivity contribution in [3.05, 3.63) is 46.7 Å². The third-order valence-corrected chi connectivity index (χ3v) is 6.07. The first-order valence-electron chi connectivity index (χ1n) is 9.83. The van der Waals surface area contributed by atoms with Crippen LogP contribution in [0.1, 0.15) is 43.2 Å². The highest BCUT2D eigenvalue weighted by atomic mass is 35.5. The molecule has 4 rings (SSSR count). The fourth-order valence-corrected chi connectivity index (χ4v) is 4.55. The van der Waals surface area contributed by atoms with Crippen LogP contribution in [-0.2, 0) is 0 Å². The number of carbonyl (C=O) groups is 1. The molecule has 0 saturated carbocycles. The van der Waals surface area contributed by atoms with Crippen molar-refractivity contribution in [1.82, 2.24) is 25.2 Å². The maximum atomic E-state index is 12.4. The molecule has 0 unspecified atom stereocenters. The molecule has 1 fully saturated rings. The van der Waals surface area contributed by atoms with Gasteiger partial charge in [-0.2, -0.15) is 0 Å². The van der Waals surface area contributed by atoms with Crippen LogP contribution in [0.5, 0.6) is 0 Å². The summed E-state index contributed by atoms with van der Waals surface area (Å²) in [6.07, 6.45) is 3.98. The molecule has 1 aliphatic heterocycles. The minimum atomic E-state index is -0.150. The Balaban J connectivity index is 1.77. The number of rotatable bonds is 5. The van der Waals surface area contributed by atoms with Crippen LogP contribution in [0.25, 0.3) is 22.0 Å². The van der Waals surface area contributed by atoms with Crippen molar-refractivity contribution in [2.45, 2.75) is 38.8 Å². The van der Waals surface area contributed by atoms with Gasteiger partial charge in [-0.15, -0.1) is 11.3 Å². The second-order valence-corrected chi connectivity index (χ2v) is 8.80. The molecule has 2 N–H and O–H groups in total. The van der Waals surface area contributed by atoms with Gasteiger partial charge in [0.05, 0.1) is 12.0 Å². The highest BCUT2D eigenvalue weighted by molar-refractivity contribution is 7.13. The Morgan fingerprint density at radius 2 is 2.00 bits per heavy atom. The summed E-state index contributed by atoms with van der Waals surface area (Å²) in [6.45, 7) is 5.85. The van der Waals surface area contributed by atoms with Gasteiger partial charge in [0, 0.05) is 28.0 Å². The van der Waals surface area contributed by atoms with Crippen LogP contribution in [-0.4, -0.2) is 39.6 Å². The van der Waals surface area contributed by atoms with Gasteiger partial charge in [0.15, 0.2) is 0 Å². The van der Waals surface area contributed by atoms with E-state index in [0.717, 1.165) is 47.9 Å². The Hall–Kier alpha value is -2.22. The topological polar surface area (TPSA) is 71.8 Å². The van der Waals surface area contributed by atoms with Crippen LogP contribution in [0.15, 0.2) is 36.0 Å². The van der Waals surface area contributed by atoms with Crippen molar-refractivity contribution >= 4 is 28.8 Å². The lowest BCUT2D eigenvalue weighted by molar-refractivity contribution is 0.0939. The van der Waals surface area contributed by atoms with Gasteiger partial charge in [0.25, 0.3) is 5.91 Å². The van der Waals surface area contributed by atoms with Crippen LogP contribution in [0, 0.1) is 0 Å². The average molecular weight is 430 g/mol. The van der Waals surface area contributed by atoms with Crippen molar-refractivity contribution < 1.29 is 4.79 Å². The first-order valence-corrected chi connectivity index (χ1v) is 11.1. The number of thiazole rings is 1. The summed E-state index contributed by atoms with van der Waals surface area (Å²) in [5.74, 6) is -0.150. The summed E-state index contributed by atoms with van der Waals surface area (Å²) < 4.78 is 2.23. The molecule has 0 spiro atoms. The van der Waals surface area contributed by atoms with Gasteiger partial charge >= 0.3 is 0 Å². The maximum absolute atomic E-state index is 12.4. The van der Waals surface area contributed by atoms with Crippen LogP contribution in [0.3, 0.4) is 0 Å². The molecule has 8 heteroatoms. The van der Waals surface area contributed by atoms with Crippen LogP contribution in [0.2, 0.25) is 5.02 Å². The van der Waals surface area contributed by atoms with Crippen LogP contribution in [0.4, 0.5) is 0 Å². The quantitative estimate of drug-likeness (QED) is 0.630. The molecule has 2 aromatic heterocycles. The van der Waals surface area contributed by atoms with Crippen molar-refractivity contribution in [3.63, 3.8) is 0 Å². The highest BCUT2D eigenvalue weighted by Crippen LogP contribution is 2.37. The summed E-state index contributed by atoms with van der Waals surface area (Å²) in [4.78, 5) is 21.8. The van der Waals surface area contributed by atoms with E-state index in [4.69, 9.17) is 16.6 Å². The zero-order valence-corrected chi connectivity index (χ0v) is 18.1. The zero-order valence-electron chi connectivity index (χ0n) is 16.5. The van der Waals surface area contributed by atoms with Gasteiger partial charge in [0.2, 0.25) is 0 Å². The number of hydrogen-bond donors (Lipinski definition) is 2. The van der Waals surface area contributed by atoms with E-state index in [1.54, 1.807) is 0 Å². The molecular weight excluding hydrogens is 406 g/mol.